The van der Waals surface area contributed by atoms with Gasteiger partial charge in [-0.1, -0.05) is 32.6 Å². The quantitative estimate of drug-likeness (QED) is 0.522. The van der Waals surface area contributed by atoms with Gasteiger partial charge in [0.2, 0.25) is 5.91 Å². The molecule has 0 unspecified atom stereocenters. The van der Waals surface area contributed by atoms with Crippen molar-refractivity contribution < 1.29 is 14.3 Å². The van der Waals surface area contributed by atoms with Gasteiger partial charge in [0.05, 0.1) is 12.2 Å². The van der Waals surface area contributed by atoms with Crippen molar-refractivity contribution in [1.82, 2.24) is 0 Å². The molecule has 0 fully saturated rings. The SMILES string of the molecule is CCCCCCCC(=O)Nc1sc(C)c(C)c1C(=O)OCC. The van der Waals surface area contributed by atoms with E-state index in [0.717, 1.165) is 23.3 Å². The minimum absolute atomic E-state index is 0.0247. The number of hydrogen-bond acceptors (Lipinski definition) is 4. The Balaban J connectivity index is 2.63. The molecule has 0 saturated heterocycles. The third-order valence-corrected chi connectivity index (χ3v) is 4.75. The van der Waals surface area contributed by atoms with E-state index in [0.29, 0.717) is 23.6 Å². The van der Waals surface area contributed by atoms with Crippen molar-refractivity contribution in [3.63, 3.8) is 0 Å². The summed E-state index contributed by atoms with van der Waals surface area (Å²) in [5.74, 6) is -0.383. The smallest absolute Gasteiger partial charge is 0.341 e. The second-order valence-electron chi connectivity index (χ2n) is 5.42. The van der Waals surface area contributed by atoms with Crippen molar-refractivity contribution in [2.75, 3.05) is 11.9 Å². The van der Waals surface area contributed by atoms with Crippen LogP contribution in [0.15, 0.2) is 0 Å². The highest BCUT2D eigenvalue weighted by molar-refractivity contribution is 7.16. The van der Waals surface area contributed by atoms with E-state index >= 15 is 0 Å². The predicted octanol–water partition coefficient (Wildman–Crippen LogP) is 4.84. The largest absolute Gasteiger partial charge is 0.462 e. The van der Waals surface area contributed by atoms with Crippen LogP contribution < -0.4 is 5.32 Å². The molecule has 0 spiro atoms. The summed E-state index contributed by atoms with van der Waals surface area (Å²) < 4.78 is 5.09. The van der Waals surface area contributed by atoms with Gasteiger partial charge in [-0.25, -0.2) is 4.79 Å². The monoisotopic (exact) mass is 325 g/mol. The molecule has 22 heavy (non-hydrogen) atoms. The summed E-state index contributed by atoms with van der Waals surface area (Å²) in [6, 6.07) is 0. The van der Waals surface area contributed by atoms with Crippen molar-refractivity contribution in [2.24, 2.45) is 0 Å². The van der Waals surface area contributed by atoms with Gasteiger partial charge in [0.25, 0.3) is 0 Å². The number of esters is 1. The molecule has 0 radical (unpaired) electrons. The Morgan fingerprint density at radius 3 is 2.41 bits per heavy atom. The zero-order valence-corrected chi connectivity index (χ0v) is 14.9. The fourth-order valence-electron chi connectivity index (χ4n) is 2.24. The lowest BCUT2D eigenvalue weighted by molar-refractivity contribution is -0.116. The number of unbranched alkanes of at least 4 members (excludes halogenated alkanes) is 4. The van der Waals surface area contributed by atoms with Crippen LogP contribution in [-0.2, 0) is 9.53 Å². The highest BCUT2D eigenvalue weighted by atomic mass is 32.1. The van der Waals surface area contributed by atoms with Gasteiger partial charge in [0.15, 0.2) is 0 Å². The second kappa shape index (κ2) is 9.62. The van der Waals surface area contributed by atoms with E-state index < -0.39 is 0 Å². The normalized spacial score (nSPS) is 10.5. The van der Waals surface area contributed by atoms with Crippen LogP contribution in [0.5, 0.6) is 0 Å². The molecule has 5 heteroatoms. The van der Waals surface area contributed by atoms with Gasteiger partial charge in [-0.15, -0.1) is 11.3 Å². The van der Waals surface area contributed by atoms with Gasteiger partial charge in [-0.3, -0.25) is 4.79 Å². The summed E-state index contributed by atoms with van der Waals surface area (Å²) in [6.45, 7) is 8.12. The van der Waals surface area contributed by atoms with Crippen LogP contribution in [0.3, 0.4) is 0 Å². The van der Waals surface area contributed by atoms with Crippen LogP contribution in [0.4, 0.5) is 5.00 Å². The third kappa shape index (κ3) is 5.44. The van der Waals surface area contributed by atoms with Crippen LogP contribution in [-0.4, -0.2) is 18.5 Å². The Bertz CT molecular complexity index is 508. The predicted molar refractivity (Wildman–Crippen MR) is 91.8 cm³/mol. The number of hydrogen-bond donors (Lipinski definition) is 1. The molecule has 1 aromatic heterocycles. The summed E-state index contributed by atoms with van der Waals surface area (Å²) >= 11 is 1.44. The summed E-state index contributed by atoms with van der Waals surface area (Å²) in [4.78, 5) is 25.1. The molecule has 1 rings (SSSR count). The average Bonchev–Trinajstić information content (AvgIpc) is 2.73. The first kappa shape index (κ1) is 18.7. The second-order valence-corrected chi connectivity index (χ2v) is 6.64. The first-order valence-electron chi connectivity index (χ1n) is 8.08. The Labute approximate surface area is 137 Å². The molecular formula is C17H27NO3S. The van der Waals surface area contributed by atoms with E-state index in [4.69, 9.17) is 4.74 Å². The molecule has 0 aliphatic heterocycles. The molecule has 0 aliphatic carbocycles. The number of amides is 1. The lowest BCUT2D eigenvalue weighted by Crippen LogP contribution is -2.14. The Kier molecular flexibility index (Phi) is 8.17. The topological polar surface area (TPSA) is 55.4 Å². The van der Waals surface area contributed by atoms with Crippen LogP contribution in [0.1, 0.15) is 73.2 Å². The Morgan fingerprint density at radius 2 is 1.77 bits per heavy atom. The number of thiophene rings is 1. The van der Waals surface area contributed by atoms with Crippen molar-refractivity contribution in [1.29, 1.82) is 0 Å². The summed E-state index contributed by atoms with van der Waals surface area (Å²) in [5.41, 5.74) is 1.39. The number of nitrogens with one attached hydrogen (secondary N) is 1. The lowest BCUT2D eigenvalue weighted by Gasteiger charge is -2.07. The molecule has 1 aromatic rings. The van der Waals surface area contributed by atoms with E-state index in [-0.39, 0.29) is 11.9 Å². The van der Waals surface area contributed by atoms with Gasteiger partial charge < -0.3 is 10.1 Å². The van der Waals surface area contributed by atoms with Crippen LogP contribution >= 0.6 is 11.3 Å². The first-order valence-corrected chi connectivity index (χ1v) is 8.89. The molecule has 4 nitrogen and oxygen atoms in total. The number of rotatable bonds is 9. The highest BCUT2D eigenvalue weighted by Gasteiger charge is 2.21. The highest BCUT2D eigenvalue weighted by Crippen LogP contribution is 2.33. The van der Waals surface area contributed by atoms with Gasteiger partial charge in [-0.2, -0.15) is 0 Å². The van der Waals surface area contributed by atoms with Crippen molar-refractivity contribution in [2.45, 2.75) is 66.2 Å². The fraction of sp³-hybridized carbons (Fsp3) is 0.647. The van der Waals surface area contributed by atoms with Crippen molar-refractivity contribution in [3.8, 4) is 0 Å². The molecular weight excluding hydrogens is 298 g/mol. The van der Waals surface area contributed by atoms with Crippen LogP contribution in [0, 0.1) is 13.8 Å². The number of carbonyl (C=O) groups is 2. The molecule has 0 bridgehead atoms. The van der Waals surface area contributed by atoms with E-state index in [1.165, 1.54) is 30.6 Å². The molecule has 0 aliphatic rings. The van der Waals surface area contributed by atoms with Gasteiger partial charge >= 0.3 is 5.97 Å². The standard InChI is InChI=1S/C17H27NO3S/c1-5-7-8-9-10-11-14(19)18-16-15(17(20)21-6-2)12(3)13(4)22-16/h5-11H2,1-4H3,(H,18,19). The average molecular weight is 325 g/mol. The van der Waals surface area contributed by atoms with Crippen LogP contribution in [0.25, 0.3) is 0 Å². The third-order valence-electron chi connectivity index (χ3n) is 3.63. The molecule has 0 aromatic carbocycles. The molecule has 1 amide bonds. The van der Waals surface area contributed by atoms with E-state index in [1.54, 1.807) is 6.92 Å². The number of aryl methyl sites for hydroxylation is 1. The number of anilines is 1. The Hall–Kier alpha value is -1.36. The summed E-state index contributed by atoms with van der Waals surface area (Å²) in [5, 5.41) is 3.50. The lowest BCUT2D eigenvalue weighted by atomic mass is 10.1. The molecule has 124 valence electrons. The zero-order valence-electron chi connectivity index (χ0n) is 14.1. The molecule has 0 saturated carbocycles. The van der Waals surface area contributed by atoms with E-state index in [1.807, 2.05) is 13.8 Å². The fourth-order valence-corrected chi connectivity index (χ4v) is 3.31. The zero-order chi connectivity index (χ0) is 16.5. The number of ether oxygens (including phenoxy) is 1. The van der Waals surface area contributed by atoms with Gasteiger partial charge in [0.1, 0.15) is 5.00 Å². The summed E-state index contributed by atoms with van der Waals surface area (Å²) in [6.07, 6.45) is 6.07. The molecule has 1 N–H and O–H groups in total. The van der Waals surface area contributed by atoms with E-state index in [2.05, 4.69) is 12.2 Å². The minimum atomic E-state index is -0.359. The first-order chi connectivity index (χ1) is 10.5. The molecule has 1 heterocycles. The minimum Gasteiger partial charge on any atom is -0.462 e. The van der Waals surface area contributed by atoms with E-state index in [9.17, 15) is 9.59 Å². The Morgan fingerprint density at radius 1 is 1.09 bits per heavy atom. The number of carbonyl (C=O) groups excluding carboxylic acids is 2. The van der Waals surface area contributed by atoms with Gasteiger partial charge in [0, 0.05) is 11.3 Å². The van der Waals surface area contributed by atoms with Crippen LogP contribution in [0.2, 0.25) is 0 Å². The molecule has 0 atom stereocenters. The maximum absolute atomic E-state index is 12.0. The maximum Gasteiger partial charge on any atom is 0.341 e. The van der Waals surface area contributed by atoms with Crippen molar-refractivity contribution >= 4 is 28.2 Å². The maximum atomic E-state index is 12.0. The van der Waals surface area contributed by atoms with Crippen molar-refractivity contribution in [3.05, 3.63) is 16.0 Å². The summed E-state index contributed by atoms with van der Waals surface area (Å²) in [7, 11) is 0. The van der Waals surface area contributed by atoms with Gasteiger partial charge in [-0.05, 0) is 32.8 Å².